The maximum Gasteiger partial charge on any atom is 0.255 e. The fraction of sp³-hybridized carbons (Fsp3) is 0.0455. The Labute approximate surface area is 170 Å². The molecule has 152 valence electrons. The molecule has 3 rings (SSSR count). The first-order valence-corrected chi connectivity index (χ1v) is 8.83. The molecule has 0 saturated heterocycles. The van der Waals surface area contributed by atoms with Crippen LogP contribution >= 0.6 is 0 Å². The van der Waals surface area contributed by atoms with E-state index in [1.165, 1.54) is 12.1 Å². The van der Waals surface area contributed by atoms with Gasteiger partial charge >= 0.3 is 0 Å². The van der Waals surface area contributed by atoms with Crippen LogP contribution in [0.3, 0.4) is 0 Å². The molecule has 0 aliphatic heterocycles. The third kappa shape index (κ3) is 4.49. The second-order valence-corrected chi connectivity index (χ2v) is 6.48. The maximum absolute atomic E-state index is 14.0. The van der Waals surface area contributed by atoms with Gasteiger partial charge in [-0.05, 0) is 42.8 Å². The third-order valence-electron chi connectivity index (χ3n) is 4.35. The summed E-state index contributed by atoms with van der Waals surface area (Å²) in [7, 11) is 0. The molecule has 0 spiro atoms. The van der Waals surface area contributed by atoms with E-state index in [0.717, 1.165) is 6.07 Å². The van der Waals surface area contributed by atoms with E-state index < -0.39 is 34.7 Å². The highest BCUT2D eigenvalue weighted by atomic mass is 19.1. The van der Waals surface area contributed by atoms with Crippen molar-refractivity contribution in [2.75, 3.05) is 10.6 Å². The Hall–Kier alpha value is -4.07. The predicted molar refractivity (Wildman–Crippen MR) is 108 cm³/mol. The SMILES string of the molecule is Cc1ccc(C(=O)Nc2cc(C(N)=O)c(F)cc2F)cc1NC(=O)c1ccccc1. The number of nitrogens with one attached hydrogen (secondary N) is 2. The molecule has 3 aromatic carbocycles. The first-order chi connectivity index (χ1) is 14.3. The first kappa shape index (κ1) is 20.7. The molecule has 0 aliphatic carbocycles. The summed E-state index contributed by atoms with van der Waals surface area (Å²) in [6.07, 6.45) is 0. The fourth-order valence-corrected chi connectivity index (χ4v) is 2.71. The Kier molecular flexibility index (Phi) is 5.87. The predicted octanol–water partition coefficient (Wildman–Crippen LogP) is 3.88. The van der Waals surface area contributed by atoms with E-state index in [1.807, 2.05) is 0 Å². The van der Waals surface area contributed by atoms with Crippen LogP contribution in [-0.2, 0) is 0 Å². The van der Waals surface area contributed by atoms with E-state index >= 15 is 0 Å². The number of halogens is 2. The Bertz CT molecular complexity index is 1150. The van der Waals surface area contributed by atoms with Crippen LogP contribution in [-0.4, -0.2) is 17.7 Å². The summed E-state index contributed by atoms with van der Waals surface area (Å²) in [5.74, 6) is -4.35. The third-order valence-corrected chi connectivity index (χ3v) is 4.35. The summed E-state index contributed by atoms with van der Waals surface area (Å²) < 4.78 is 27.6. The lowest BCUT2D eigenvalue weighted by Gasteiger charge is -2.12. The van der Waals surface area contributed by atoms with E-state index in [2.05, 4.69) is 10.6 Å². The lowest BCUT2D eigenvalue weighted by atomic mass is 10.1. The quantitative estimate of drug-likeness (QED) is 0.596. The average Bonchev–Trinajstić information content (AvgIpc) is 2.71. The number of primary amides is 1. The van der Waals surface area contributed by atoms with E-state index in [9.17, 15) is 23.2 Å². The van der Waals surface area contributed by atoms with Crippen molar-refractivity contribution in [2.45, 2.75) is 6.92 Å². The van der Waals surface area contributed by atoms with Crippen LogP contribution in [0.4, 0.5) is 20.2 Å². The molecular formula is C22H17F2N3O3. The molecular weight excluding hydrogens is 392 g/mol. The topological polar surface area (TPSA) is 101 Å². The molecule has 0 atom stereocenters. The molecule has 0 fully saturated rings. The standard InChI is InChI=1S/C22H17F2N3O3/c1-12-7-8-14(9-18(12)26-21(29)13-5-3-2-4-6-13)22(30)27-19-10-15(20(25)28)16(23)11-17(19)24/h2-11H,1H3,(H2,25,28)(H,26,29)(H,27,30). The zero-order valence-corrected chi connectivity index (χ0v) is 15.8. The molecule has 0 aromatic heterocycles. The number of aryl methyl sites for hydroxylation is 1. The Morgan fingerprint density at radius 1 is 0.767 bits per heavy atom. The maximum atomic E-state index is 14.0. The summed E-state index contributed by atoms with van der Waals surface area (Å²) in [5.41, 5.74) is 5.77. The normalized spacial score (nSPS) is 10.4. The molecule has 6 nitrogen and oxygen atoms in total. The van der Waals surface area contributed by atoms with Gasteiger partial charge in [-0.3, -0.25) is 14.4 Å². The van der Waals surface area contributed by atoms with Gasteiger partial charge in [-0.1, -0.05) is 24.3 Å². The summed E-state index contributed by atoms with van der Waals surface area (Å²) in [6, 6.07) is 14.4. The van der Waals surface area contributed by atoms with Crippen molar-refractivity contribution in [1.29, 1.82) is 0 Å². The number of carbonyl (C=O) groups is 3. The van der Waals surface area contributed by atoms with Gasteiger partial charge in [0.15, 0.2) is 0 Å². The minimum absolute atomic E-state index is 0.119. The van der Waals surface area contributed by atoms with Gasteiger partial charge in [-0.15, -0.1) is 0 Å². The minimum Gasteiger partial charge on any atom is -0.366 e. The highest BCUT2D eigenvalue weighted by molar-refractivity contribution is 6.08. The zero-order chi connectivity index (χ0) is 21.8. The smallest absolute Gasteiger partial charge is 0.255 e. The molecule has 0 radical (unpaired) electrons. The highest BCUT2D eigenvalue weighted by Gasteiger charge is 2.17. The number of nitrogens with two attached hydrogens (primary N) is 1. The zero-order valence-electron chi connectivity index (χ0n) is 15.8. The van der Waals surface area contributed by atoms with Crippen molar-refractivity contribution in [3.63, 3.8) is 0 Å². The number of hydrogen-bond donors (Lipinski definition) is 3. The summed E-state index contributed by atoms with van der Waals surface area (Å²) in [4.78, 5) is 36.2. The molecule has 4 N–H and O–H groups in total. The lowest BCUT2D eigenvalue weighted by molar-refractivity contribution is 0.0991. The first-order valence-electron chi connectivity index (χ1n) is 8.83. The van der Waals surface area contributed by atoms with Crippen LogP contribution in [0.5, 0.6) is 0 Å². The second kappa shape index (κ2) is 8.52. The Morgan fingerprint density at radius 2 is 1.40 bits per heavy atom. The minimum atomic E-state index is -1.13. The molecule has 30 heavy (non-hydrogen) atoms. The summed E-state index contributed by atoms with van der Waals surface area (Å²) >= 11 is 0. The van der Waals surface area contributed by atoms with Crippen molar-refractivity contribution in [1.82, 2.24) is 0 Å². The molecule has 8 heteroatoms. The largest absolute Gasteiger partial charge is 0.366 e. The molecule has 3 aromatic rings. The number of amides is 3. The van der Waals surface area contributed by atoms with Crippen LogP contribution in [0.2, 0.25) is 0 Å². The van der Waals surface area contributed by atoms with Crippen LogP contribution in [0.25, 0.3) is 0 Å². The van der Waals surface area contributed by atoms with E-state index in [0.29, 0.717) is 22.9 Å². The monoisotopic (exact) mass is 409 g/mol. The average molecular weight is 409 g/mol. The van der Waals surface area contributed by atoms with Crippen LogP contribution in [0, 0.1) is 18.6 Å². The van der Waals surface area contributed by atoms with Gasteiger partial charge in [0.25, 0.3) is 17.7 Å². The molecule has 3 amide bonds. The van der Waals surface area contributed by atoms with Crippen molar-refractivity contribution in [2.24, 2.45) is 5.73 Å². The molecule has 0 unspecified atom stereocenters. The summed E-state index contributed by atoms with van der Waals surface area (Å²) in [6.45, 7) is 1.75. The van der Waals surface area contributed by atoms with Crippen LogP contribution < -0.4 is 16.4 Å². The van der Waals surface area contributed by atoms with Crippen LogP contribution in [0.15, 0.2) is 60.7 Å². The van der Waals surface area contributed by atoms with Gasteiger partial charge in [0.2, 0.25) is 0 Å². The number of anilines is 2. The van der Waals surface area contributed by atoms with E-state index in [-0.39, 0.29) is 11.5 Å². The lowest BCUT2D eigenvalue weighted by Crippen LogP contribution is -2.18. The fourth-order valence-electron chi connectivity index (χ4n) is 2.71. The van der Waals surface area contributed by atoms with Crippen molar-refractivity contribution in [3.05, 3.63) is 94.6 Å². The highest BCUT2D eigenvalue weighted by Crippen LogP contribution is 2.22. The van der Waals surface area contributed by atoms with Crippen molar-refractivity contribution in [3.8, 4) is 0 Å². The van der Waals surface area contributed by atoms with Gasteiger partial charge in [0.05, 0.1) is 11.3 Å². The number of benzene rings is 3. The van der Waals surface area contributed by atoms with Gasteiger partial charge in [-0.25, -0.2) is 8.78 Å². The van der Waals surface area contributed by atoms with Crippen molar-refractivity contribution < 1.29 is 23.2 Å². The van der Waals surface area contributed by atoms with Gasteiger partial charge in [0.1, 0.15) is 11.6 Å². The Morgan fingerprint density at radius 3 is 2.07 bits per heavy atom. The number of carbonyl (C=O) groups excluding carboxylic acids is 3. The van der Waals surface area contributed by atoms with E-state index in [1.54, 1.807) is 43.3 Å². The van der Waals surface area contributed by atoms with E-state index in [4.69, 9.17) is 5.73 Å². The number of hydrogen-bond acceptors (Lipinski definition) is 3. The second-order valence-electron chi connectivity index (χ2n) is 6.48. The Balaban J connectivity index is 1.84. The van der Waals surface area contributed by atoms with Gasteiger partial charge in [0, 0.05) is 22.9 Å². The number of rotatable bonds is 5. The van der Waals surface area contributed by atoms with Crippen molar-refractivity contribution >= 4 is 29.1 Å². The molecule has 0 heterocycles. The van der Waals surface area contributed by atoms with Gasteiger partial charge in [-0.2, -0.15) is 0 Å². The molecule has 0 saturated carbocycles. The summed E-state index contributed by atoms with van der Waals surface area (Å²) in [5, 5.41) is 5.00. The molecule has 0 aliphatic rings. The van der Waals surface area contributed by atoms with Crippen LogP contribution in [0.1, 0.15) is 36.6 Å². The molecule has 0 bridgehead atoms. The van der Waals surface area contributed by atoms with Gasteiger partial charge < -0.3 is 16.4 Å².